The lowest BCUT2D eigenvalue weighted by atomic mass is 9.97. The molecule has 0 aromatic rings. The van der Waals surface area contributed by atoms with Crippen molar-refractivity contribution in [3.05, 3.63) is 11.6 Å². The van der Waals surface area contributed by atoms with Crippen molar-refractivity contribution in [2.45, 2.75) is 25.3 Å². The highest BCUT2D eigenvalue weighted by Gasteiger charge is 2.66. The van der Waals surface area contributed by atoms with Crippen LogP contribution >= 0.6 is 0 Å². The molecule has 0 heterocycles. The standard InChI is InChI=1S/C10H13F2NO2/c1-2-15-9(14)8(13)5-3-6-7(4-5)10(6,11)12/h3,5,7-8H,2,4,13H2,1H3. The van der Waals surface area contributed by atoms with E-state index in [0.29, 0.717) is 0 Å². The third-order valence-electron chi connectivity index (χ3n) is 3.04. The minimum atomic E-state index is -2.63. The molecule has 1 fully saturated rings. The van der Waals surface area contributed by atoms with Gasteiger partial charge in [-0.3, -0.25) is 4.79 Å². The van der Waals surface area contributed by atoms with Crippen LogP contribution in [0.15, 0.2) is 11.6 Å². The Kier molecular flexibility index (Phi) is 2.30. The molecule has 0 spiro atoms. The van der Waals surface area contributed by atoms with Gasteiger partial charge in [0, 0.05) is 11.5 Å². The number of rotatable bonds is 3. The first-order valence-electron chi connectivity index (χ1n) is 5.00. The molecule has 5 heteroatoms. The SMILES string of the molecule is CCOC(=O)C(N)C1C=C2C(C1)C2(F)F. The van der Waals surface area contributed by atoms with Crippen molar-refractivity contribution in [1.29, 1.82) is 0 Å². The minimum Gasteiger partial charge on any atom is -0.465 e. The zero-order valence-electron chi connectivity index (χ0n) is 8.37. The molecule has 2 aliphatic carbocycles. The topological polar surface area (TPSA) is 52.3 Å². The first-order chi connectivity index (χ1) is 6.98. The Bertz CT molecular complexity index is 327. The average Bonchev–Trinajstić information content (AvgIpc) is 2.60. The summed E-state index contributed by atoms with van der Waals surface area (Å²) in [6.07, 6.45) is 1.70. The van der Waals surface area contributed by atoms with Crippen LogP contribution in [-0.4, -0.2) is 24.5 Å². The fourth-order valence-corrected chi connectivity index (χ4v) is 2.09. The lowest BCUT2D eigenvalue weighted by Crippen LogP contribution is -2.38. The number of carbonyl (C=O) groups is 1. The fourth-order valence-electron chi connectivity index (χ4n) is 2.09. The van der Waals surface area contributed by atoms with Crippen molar-refractivity contribution in [2.75, 3.05) is 6.61 Å². The van der Waals surface area contributed by atoms with E-state index in [1.54, 1.807) is 6.92 Å². The summed E-state index contributed by atoms with van der Waals surface area (Å²) >= 11 is 0. The summed E-state index contributed by atoms with van der Waals surface area (Å²) in [5.41, 5.74) is 5.76. The maximum atomic E-state index is 12.8. The fraction of sp³-hybridized carbons (Fsp3) is 0.700. The first kappa shape index (κ1) is 10.5. The number of nitrogens with two attached hydrogens (primary N) is 1. The number of allylic oxidation sites excluding steroid dienone is 1. The quantitative estimate of drug-likeness (QED) is 0.568. The molecule has 0 radical (unpaired) electrons. The molecule has 0 bridgehead atoms. The second kappa shape index (κ2) is 3.27. The Morgan fingerprint density at radius 1 is 1.80 bits per heavy atom. The third kappa shape index (κ3) is 1.55. The van der Waals surface area contributed by atoms with Crippen molar-refractivity contribution in [3.63, 3.8) is 0 Å². The molecule has 3 unspecified atom stereocenters. The molecule has 0 aliphatic heterocycles. The number of carbonyl (C=O) groups excluding carboxylic acids is 1. The molecule has 2 N–H and O–H groups in total. The zero-order valence-corrected chi connectivity index (χ0v) is 8.37. The largest absolute Gasteiger partial charge is 0.465 e. The predicted octanol–water partition coefficient (Wildman–Crippen LogP) is 1.09. The molecule has 2 aliphatic rings. The monoisotopic (exact) mass is 217 g/mol. The first-order valence-corrected chi connectivity index (χ1v) is 5.00. The summed E-state index contributed by atoms with van der Waals surface area (Å²) in [5, 5.41) is 0. The smallest absolute Gasteiger partial charge is 0.323 e. The highest BCUT2D eigenvalue weighted by molar-refractivity contribution is 5.76. The number of hydrogen-bond acceptors (Lipinski definition) is 3. The summed E-state index contributed by atoms with van der Waals surface area (Å²) in [6.45, 7) is 1.94. The molecular weight excluding hydrogens is 204 g/mol. The van der Waals surface area contributed by atoms with E-state index in [1.807, 2.05) is 0 Å². The van der Waals surface area contributed by atoms with Gasteiger partial charge in [-0.25, -0.2) is 8.78 Å². The maximum absolute atomic E-state index is 12.8. The van der Waals surface area contributed by atoms with Gasteiger partial charge >= 0.3 is 5.97 Å². The second-order valence-corrected chi connectivity index (χ2v) is 3.97. The highest BCUT2D eigenvalue weighted by Crippen LogP contribution is 2.62. The van der Waals surface area contributed by atoms with E-state index in [0.717, 1.165) is 0 Å². The van der Waals surface area contributed by atoms with E-state index in [2.05, 4.69) is 0 Å². The molecule has 84 valence electrons. The van der Waals surface area contributed by atoms with Crippen LogP contribution in [0.3, 0.4) is 0 Å². The second-order valence-electron chi connectivity index (χ2n) is 3.97. The van der Waals surface area contributed by atoms with Crippen LogP contribution in [-0.2, 0) is 9.53 Å². The van der Waals surface area contributed by atoms with Gasteiger partial charge < -0.3 is 10.5 Å². The molecule has 0 amide bonds. The van der Waals surface area contributed by atoms with Gasteiger partial charge in [0.25, 0.3) is 5.92 Å². The van der Waals surface area contributed by atoms with Crippen LogP contribution < -0.4 is 5.73 Å². The van der Waals surface area contributed by atoms with Crippen molar-refractivity contribution in [3.8, 4) is 0 Å². The van der Waals surface area contributed by atoms with Crippen LogP contribution in [0.2, 0.25) is 0 Å². The van der Waals surface area contributed by atoms with Crippen LogP contribution in [0, 0.1) is 11.8 Å². The predicted molar refractivity (Wildman–Crippen MR) is 49.2 cm³/mol. The molecular formula is C10H13F2NO2. The van der Waals surface area contributed by atoms with E-state index in [9.17, 15) is 13.6 Å². The molecule has 0 saturated heterocycles. The summed E-state index contributed by atoms with van der Waals surface area (Å²) in [7, 11) is 0. The van der Waals surface area contributed by atoms with Gasteiger partial charge in [-0.15, -0.1) is 0 Å². The molecule has 0 aromatic heterocycles. The maximum Gasteiger partial charge on any atom is 0.323 e. The Morgan fingerprint density at radius 2 is 2.47 bits per heavy atom. The third-order valence-corrected chi connectivity index (χ3v) is 3.04. The summed E-state index contributed by atoms with van der Waals surface area (Å²) in [4.78, 5) is 11.2. The van der Waals surface area contributed by atoms with Gasteiger partial charge in [0.15, 0.2) is 0 Å². The Balaban J connectivity index is 1.96. The van der Waals surface area contributed by atoms with Gasteiger partial charge in [0.05, 0.1) is 12.5 Å². The van der Waals surface area contributed by atoms with E-state index in [1.165, 1.54) is 6.08 Å². The lowest BCUT2D eigenvalue weighted by Gasteiger charge is -2.17. The van der Waals surface area contributed by atoms with Gasteiger partial charge in [-0.05, 0) is 13.3 Å². The van der Waals surface area contributed by atoms with Crippen molar-refractivity contribution in [2.24, 2.45) is 17.6 Å². The van der Waals surface area contributed by atoms with Crippen molar-refractivity contribution in [1.82, 2.24) is 0 Å². The Morgan fingerprint density at radius 3 is 2.93 bits per heavy atom. The Hall–Kier alpha value is -0.970. The van der Waals surface area contributed by atoms with Crippen LogP contribution in [0.5, 0.6) is 0 Å². The lowest BCUT2D eigenvalue weighted by molar-refractivity contribution is -0.145. The van der Waals surface area contributed by atoms with Crippen LogP contribution in [0.1, 0.15) is 13.3 Å². The molecule has 2 rings (SSSR count). The number of halogens is 2. The molecule has 1 saturated carbocycles. The van der Waals surface area contributed by atoms with E-state index in [-0.39, 0.29) is 24.5 Å². The highest BCUT2D eigenvalue weighted by atomic mass is 19.3. The number of ether oxygens (including phenoxy) is 1. The number of fused-ring (bicyclic) bond motifs is 1. The summed E-state index contributed by atoms with van der Waals surface area (Å²) < 4.78 is 30.3. The van der Waals surface area contributed by atoms with Crippen molar-refractivity contribution < 1.29 is 18.3 Å². The van der Waals surface area contributed by atoms with E-state index < -0.39 is 23.9 Å². The molecule has 3 nitrogen and oxygen atoms in total. The van der Waals surface area contributed by atoms with E-state index in [4.69, 9.17) is 10.5 Å². The number of esters is 1. The molecule has 15 heavy (non-hydrogen) atoms. The molecule has 3 atom stereocenters. The average molecular weight is 217 g/mol. The van der Waals surface area contributed by atoms with E-state index >= 15 is 0 Å². The normalized spacial score (nSPS) is 32.9. The van der Waals surface area contributed by atoms with Gasteiger partial charge in [-0.1, -0.05) is 6.08 Å². The Labute approximate surface area is 86.3 Å². The number of alkyl halides is 2. The van der Waals surface area contributed by atoms with Gasteiger partial charge in [0.2, 0.25) is 0 Å². The zero-order chi connectivity index (χ0) is 11.2. The van der Waals surface area contributed by atoms with Gasteiger partial charge in [-0.2, -0.15) is 0 Å². The van der Waals surface area contributed by atoms with Gasteiger partial charge in [0.1, 0.15) is 6.04 Å². The summed E-state index contributed by atoms with van der Waals surface area (Å²) in [5.74, 6) is -4.11. The number of hydrogen-bond donors (Lipinski definition) is 1. The summed E-state index contributed by atoms with van der Waals surface area (Å²) in [6, 6.07) is -0.805. The van der Waals surface area contributed by atoms with Crippen molar-refractivity contribution >= 4 is 5.97 Å². The van der Waals surface area contributed by atoms with Crippen LogP contribution in [0.4, 0.5) is 8.78 Å². The molecule has 0 aromatic carbocycles. The minimum absolute atomic E-state index is 0.146. The van der Waals surface area contributed by atoms with Crippen LogP contribution in [0.25, 0.3) is 0 Å².